The molecular formula is C13H11ClIN3O2. The Kier molecular flexibility index (Phi) is 3.84. The zero-order valence-corrected chi connectivity index (χ0v) is 13.5. The fourth-order valence-corrected chi connectivity index (χ4v) is 2.61. The maximum absolute atomic E-state index is 6.18. The van der Waals surface area contributed by atoms with Crippen LogP contribution in [0.3, 0.4) is 0 Å². The van der Waals surface area contributed by atoms with Crippen molar-refractivity contribution >= 4 is 40.0 Å². The second-order valence-corrected chi connectivity index (χ2v) is 5.68. The van der Waals surface area contributed by atoms with E-state index in [9.17, 15) is 0 Å². The van der Waals surface area contributed by atoms with Crippen LogP contribution in [0.1, 0.15) is 6.92 Å². The molecule has 20 heavy (non-hydrogen) atoms. The van der Waals surface area contributed by atoms with Gasteiger partial charge in [-0.3, -0.25) is 0 Å². The largest absolute Gasteiger partial charge is 0.454 e. The number of ether oxygens (including phenoxy) is 2. The molecule has 0 atom stereocenters. The van der Waals surface area contributed by atoms with Crippen LogP contribution < -0.4 is 14.8 Å². The molecule has 1 aromatic heterocycles. The monoisotopic (exact) mass is 403 g/mol. The molecular weight excluding hydrogens is 393 g/mol. The van der Waals surface area contributed by atoms with Crippen molar-refractivity contribution < 1.29 is 9.47 Å². The first kappa shape index (κ1) is 13.7. The summed E-state index contributed by atoms with van der Waals surface area (Å²) < 4.78 is 11.6. The van der Waals surface area contributed by atoms with Crippen LogP contribution in [0, 0.1) is 3.57 Å². The van der Waals surface area contributed by atoms with Gasteiger partial charge in [0.05, 0.1) is 8.59 Å². The average molecular weight is 404 g/mol. The lowest BCUT2D eigenvalue weighted by molar-refractivity contribution is 0.174. The summed E-state index contributed by atoms with van der Waals surface area (Å²) in [6.45, 7) is 3.01. The van der Waals surface area contributed by atoms with E-state index in [-0.39, 0.29) is 6.79 Å². The van der Waals surface area contributed by atoms with Crippen molar-refractivity contribution in [3.63, 3.8) is 0 Å². The molecule has 7 heteroatoms. The summed E-state index contributed by atoms with van der Waals surface area (Å²) in [5, 5.41) is 3.71. The zero-order chi connectivity index (χ0) is 14.1. The van der Waals surface area contributed by atoms with Crippen LogP contribution in [0.4, 0.5) is 5.82 Å². The fraction of sp³-hybridized carbons (Fsp3) is 0.231. The van der Waals surface area contributed by atoms with E-state index in [2.05, 4.69) is 37.9 Å². The highest BCUT2D eigenvalue weighted by Crippen LogP contribution is 2.41. The molecule has 0 saturated carbocycles. The van der Waals surface area contributed by atoms with Crippen LogP contribution in [0.25, 0.3) is 11.4 Å². The van der Waals surface area contributed by atoms with Gasteiger partial charge < -0.3 is 14.8 Å². The highest BCUT2D eigenvalue weighted by atomic mass is 127. The van der Waals surface area contributed by atoms with E-state index in [0.29, 0.717) is 22.3 Å². The van der Waals surface area contributed by atoms with Gasteiger partial charge in [0.1, 0.15) is 5.82 Å². The summed E-state index contributed by atoms with van der Waals surface area (Å²) in [6.07, 6.45) is 1.78. The molecule has 0 radical (unpaired) electrons. The summed E-state index contributed by atoms with van der Waals surface area (Å²) in [6, 6.07) is 3.62. The standard InChI is InChI=1S/C13H11ClIN3O2/c1-2-16-13-9(15)5-17-12(18-13)7-3-8(14)11-10(4-7)19-6-20-11/h3-5H,2,6H2,1H3,(H,16,17,18). The summed E-state index contributed by atoms with van der Waals surface area (Å²) in [5.41, 5.74) is 0.801. The van der Waals surface area contributed by atoms with Crippen LogP contribution in [-0.4, -0.2) is 23.3 Å². The molecule has 1 N–H and O–H groups in total. The number of hydrogen-bond donors (Lipinski definition) is 1. The van der Waals surface area contributed by atoms with Crippen LogP contribution in [0.5, 0.6) is 11.5 Å². The molecule has 5 nitrogen and oxygen atoms in total. The molecule has 1 aliphatic rings. The van der Waals surface area contributed by atoms with Gasteiger partial charge in [-0.15, -0.1) is 0 Å². The van der Waals surface area contributed by atoms with Crippen LogP contribution in [-0.2, 0) is 0 Å². The molecule has 0 aliphatic carbocycles. The molecule has 1 aromatic carbocycles. The molecule has 0 unspecified atom stereocenters. The Morgan fingerprint density at radius 2 is 2.25 bits per heavy atom. The van der Waals surface area contributed by atoms with Crippen LogP contribution in [0.15, 0.2) is 18.3 Å². The topological polar surface area (TPSA) is 56.3 Å². The van der Waals surface area contributed by atoms with E-state index >= 15 is 0 Å². The fourth-order valence-electron chi connectivity index (χ4n) is 1.89. The number of rotatable bonds is 3. The number of aromatic nitrogens is 2. The number of halogens is 2. The van der Waals surface area contributed by atoms with Gasteiger partial charge in [-0.1, -0.05) is 11.6 Å². The van der Waals surface area contributed by atoms with Crippen molar-refractivity contribution in [1.82, 2.24) is 9.97 Å². The van der Waals surface area contributed by atoms with E-state index < -0.39 is 0 Å². The Hall–Kier alpha value is -1.28. The Morgan fingerprint density at radius 3 is 3.05 bits per heavy atom. The highest BCUT2D eigenvalue weighted by Gasteiger charge is 2.20. The first-order chi connectivity index (χ1) is 9.69. The molecule has 0 spiro atoms. The Morgan fingerprint density at radius 1 is 1.40 bits per heavy atom. The van der Waals surface area contributed by atoms with E-state index in [1.165, 1.54) is 0 Å². The predicted molar refractivity (Wildman–Crippen MR) is 85.5 cm³/mol. The molecule has 0 fully saturated rings. The van der Waals surface area contributed by atoms with Gasteiger partial charge in [0.2, 0.25) is 6.79 Å². The van der Waals surface area contributed by atoms with Gasteiger partial charge >= 0.3 is 0 Å². The number of nitrogens with one attached hydrogen (secondary N) is 1. The smallest absolute Gasteiger partial charge is 0.231 e. The predicted octanol–water partition coefficient (Wildman–Crippen LogP) is 3.56. The van der Waals surface area contributed by atoms with Gasteiger partial charge in [0.15, 0.2) is 17.3 Å². The molecule has 1 aliphatic heterocycles. The van der Waals surface area contributed by atoms with Gasteiger partial charge in [0.25, 0.3) is 0 Å². The molecule has 0 bridgehead atoms. The molecule has 0 saturated heterocycles. The number of hydrogen-bond acceptors (Lipinski definition) is 5. The van der Waals surface area contributed by atoms with Crippen molar-refractivity contribution in [3.05, 3.63) is 26.9 Å². The lowest BCUT2D eigenvalue weighted by Crippen LogP contribution is -2.03. The molecule has 2 aromatic rings. The van der Waals surface area contributed by atoms with Crippen molar-refractivity contribution in [2.24, 2.45) is 0 Å². The van der Waals surface area contributed by atoms with Crippen LogP contribution >= 0.6 is 34.2 Å². The van der Waals surface area contributed by atoms with E-state index in [0.717, 1.165) is 21.5 Å². The minimum absolute atomic E-state index is 0.189. The third kappa shape index (κ3) is 2.49. The minimum atomic E-state index is 0.189. The third-order valence-corrected chi connectivity index (χ3v) is 3.84. The van der Waals surface area contributed by atoms with Crippen molar-refractivity contribution in [2.45, 2.75) is 6.92 Å². The summed E-state index contributed by atoms with van der Waals surface area (Å²) in [4.78, 5) is 8.86. The average Bonchev–Trinajstić information content (AvgIpc) is 2.90. The normalized spacial score (nSPS) is 12.6. The van der Waals surface area contributed by atoms with Gasteiger partial charge in [0, 0.05) is 18.3 Å². The third-order valence-electron chi connectivity index (χ3n) is 2.77. The number of fused-ring (bicyclic) bond motifs is 1. The highest BCUT2D eigenvalue weighted by molar-refractivity contribution is 14.1. The quantitative estimate of drug-likeness (QED) is 0.794. The first-order valence-corrected chi connectivity index (χ1v) is 7.50. The van der Waals surface area contributed by atoms with E-state index in [4.69, 9.17) is 21.1 Å². The summed E-state index contributed by atoms with van der Waals surface area (Å²) >= 11 is 8.38. The number of benzene rings is 1. The van der Waals surface area contributed by atoms with E-state index in [1.807, 2.05) is 13.0 Å². The van der Waals surface area contributed by atoms with Crippen molar-refractivity contribution in [2.75, 3.05) is 18.7 Å². The molecule has 2 heterocycles. The first-order valence-electron chi connectivity index (χ1n) is 6.05. The molecule has 3 rings (SSSR count). The second-order valence-electron chi connectivity index (χ2n) is 4.11. The lowest BCUT2D eigenvalue weighted by Gasteiger charge is -2.08. The number of nitrogens with zero attached hydrogens (tertiary/aromatic N) is 2. The molecule has 0 amide bonds. The maximum atomic E-state index is 6.18. The van der Waals surface area contributed by atoms with E-state index in [1.54, 1.807) is 12.3 Å². The molecule has 104 valence electrons. The second kappa shape index (κ2) is 5.61. The number of anilines is 1. The Balaban J connectivity index is 2.05. The zero-order valence-electron chi connectivity index (χ0n) is 10.6. The lowest BCUT2D eigenvalue weighted by atomic mass is 10.2. The van der Waals surface area contributed by atoms with Crippen molar-refractivity contribution in [3.8, 4) is 22.9 Å². The van der Waals surface area contributed by atoms with Gasteiger partial charge in [-0.2, -0.15) is 0 Å². The minimum Gasteiger partial charge on any atom is -0.454 e. The van der Waals surface area contributed by atoms with Crippen molar-refractivity contribution in [1.29, 1.82) is 0 Å². The van der Waals surface area contributed by atoms with Gasteiger partial charge in [-0.05, 0) is 41.6 Å². The SMILES string of the molecule is CCNc1nc(-c2cc(Cl)c3c(c2)OCO3)ncc1I. The maximum Gasteiger partial charge on any atom is 0.231 e. The summed E-state index contributed by atoms with van der Waals surface area (Å²) in [7, 11) is 0. The van der Waals surface area contributed by atoms with Gasteiger partial charge in [-0.25, -0.2) is 9.97 Å². The Labute approximate surface area is 134 Å². The van der Waals surface area contributed by atoms with Crippen LogP contribution in [0.2, 0.25) is 5.02 Å². The Bertz CT molecular complexity index is 666. The summed E-state index contributed by atoms with van der Waals surface area (Å²) in [5.74, 6) is 2.61.